The number of nitrogens with zero attached hydrogens (tertiary/aromatic N) is 5. The van der Waals surface area contributed by atoms with Crippen molar-refractivity contribution in [3.63, 3.8) is 0 Å². The van der Waals surface area contributed by atoms with Crippen molar-refractivity contribution in [2.75, 3.05) is 0 Å². The van der Waals surface area contributed by atoms with Crippen LogP contribution >= 0.6 is 0 Å². The van der Waals surface area contributed by atoms with E-state index in [0.717, 1.165) is 66.3 Å². The number of aromatic nitrogens is 4. The van der Waals surface area contributed by atoms with E-state index in [1.54, 1.807) is 0 Å². The van der Waals surface area contributed by atoms with Crippen molar-refractivity contribution in [1.82, 2.24) is 19.5 Å². The van der Waals surface area contributed by atoms with Crippen LogP contribution in [0, 0.1) is 11.3 Å². The van der Waals surface area contributed by atoms with Crippen LogP contribution in [-0.2, 0) is 0 Å². The summed E-state index contributed by atoms with van der Waals surface area (Å²) in [6.45, 7) is 0. The van der Waals surface area contributed by atoms with Crippen molar-refractivity contribution >= 4 is 43.7 Å². The lowest BCUT2D eigenvalue weighted by Crippen LogP contribution is -2.04. The molecule has 1 atom stereocenters. The second kappa shape index (κ2) is 13.0. The molecular formula is C53H31N5O. The van der Waals surface area contributed by atoms with E-state index in [1.807, 2.05) is 78.9 Å². The number of benzene rings is 8. The maximum atomic E-state index is 11.0. The highest BCUT2D eigenvalue weighted by atomic mass is 16.3. The normalized spacial score (nSPS) is 13.2. The molecule has 59 heavy (non-hydrogen) atoms. The Bertz CT molecular complexity index is 3470. The number of para-hydroxylation sites is 2. The van der Waals surface area contributed by atoms with Gasteiger partial charge in [0, 0.05) is 49.8 Å². The van der Waals surface area contributed by atoms with Crippen molar-refractivity contribution in [1.29, 1.82) is 5.26 Å². The molecule has 6 nitrogen and oxygen atoms in total. The molecule has 6 heteroatoms. The van der Waals surface area contributed by atoms with Crippen molar-refractivity contribution in [2.24, 2.45) is 0 Å². The predicted molar refractivity (Wildman–Crippen MR) is 235 cm³/mol. The molecule has 11 aromatic rings. The van der Waals surface area contributed by atoms with E-state index in [9.17, 15) is 5.26 Å². The highest BCUT2D eigenvalue weighted by Gasteiger charge is 2.35. The maximum Gasteiger partial charge on any atom is 0.164 e. The van der Waals surface area contributed by atoms with Gasteiger partial charge in [-0.1, -0.05) is 140 Å². The van der Waals surface area contributed by atoms with E-state index in [2.05, 4.69) is 114 Å². The molecule has 274 valence electrons. The van der Waals surface area contributed by atoms with Gasteiger partial charge in [-0.2, -0.15) is 5.26 Å². The van der Waals surface area contributed by atoms with Crippen LogP contribution < -0.4 is 0 Å². The molecule has 0 spiro atoms. The molecule has 0 saturated carbocycles. The van der Waals surface area contributed by atoms with Gasteiger partial charge in [-0.3, -0.25) is 0 Å². The third kappa shape index (κ3) is 5.09. The summed E-state index contributed by atoms with van der Waals surface area (Å²) in [6.07, 6.45) is 0. The Morgan fingerprint density at radius 1 is 0.475 bits per heavy atom. The Hall–Kier alpha value is -8.14. The molecule has 0 N–H and O–H groups in total. The van der Waals surface area contributed by atoms with E-state index >= 15 is 0 Å². The summed E-state index contributed by atoms with van der Waals surface area (Å²) in [5.74, 6) is 1.48. The molecule has 1 aliphatic rings. The summed E-state index contributed by atoms with van der Waals surface area (Å²) in [5, 5.41) is 15.5. The standard InChI is InChI=1S/C53H31N5O/c54-31-35-29-34(53-56-51(32-13-3-1-4-14-32)55-52(57-53)33-15-5-2-6-16-33)23-25-37(35)48-40-19-8-7-17-38(40)41-26-27-45-49(50(41)48)42-20-9-11-21-44(42)58(45)36-24-28-47-43(30-36)39-18-10-12-22-46(39)59-47/h1-30,48H. The molecule has 12 rings (SSSR count). The van der Waals surface area contributed by atoms with Crippen LogP contribution in [0.5, 0.6) is 0 Å². The Morgan fingerprint density at radius 2 is 1.12 bits per heavy atom. The first kappa shape index (κ1) is 33.0. The van der Waals surface area contributed by atoms with E-state index in [1.165, 1.54) is 27.6 Å². The van der Waals surface area contributed by atoms with Crippen LogP contribution in [-0.4, -0.2) is 19.5 Å². The summed E-state index contributed by atoms with van der Waals surface area (Å²) in [7, 11) is 0. The number of furan rings is 1. The number of rotatable bonds is 5. The highest BCUT2D eigenvalue weighted by Crippen LogP contribution is 2.53. The molecular weight excluding hydrogens is 723 g/mol. The molecule has 0 amide bonds. The lowest BCUT2D eigenvalue weighted by atomic mass is 9.84. The van der Waals surface area contributed by atoms with Crippen LogP contribution in [0.25, 0.3) is 94.7 Å². The average Bonchev–Trinajstić information content (AvgIpc) is 3.96. The van der Waals surface area contributed by atoms with Gasteiger partial charge in [-0.05, 0) is 70.3 Å². The zero-order valence-corrected chi connectivity index (χ0v) is 31.5. The van der Waals surface area contributed by atoms with Gasteiger partial charge in [0.25, 0.3) is 0 Å². The molecule has 1 aliphatic carbocycles. The van der Waals surface area contributed by atoms with Gasteiger partial charge in [0.05, 0.1) is 22.7 Å². The SMILES string of the molecule is N#Cc1cc(-c2nc(-c3ccccc3)nc(-c3ccccc3)n2)ccc1C1c2ccccc2-c2ccc3c(c21)c1ccccc1n3-c1ccc2oc3ccccc3c2c1. The van der Waals surface area contributed by atoms with Gasteiger partial charge in [-0.25, -0.2) is 15.0 Å². The fourth-order valence-electron chi connectivity index (χ4n) is 9.21. The van der Waals surface area contributed by atoms with Crippen molar-refractivity contribution in [2.45, 2.75) is 5.92 Å². The van der Waals surface area contributed by atoms with E-state index in [-0.39, 0.29) is 5.92 Å². The van der Waals surface area contributed by atoms with Crippen molar-refractivity contribution in [3.05, 3.63) is 204 Å². The maximum absolute atomic E-state index is 11.0. The summed E-state index contributed by atoms with van der Waals surface area (Å²) < 4.78 is 8.59. The van der Waals surface area contributed by atoms with Crippen molar-refractivity contribution in [3.8, 4) is 57.0 Å². The first-order valence-electron chi connectivity index (χ1n) is 19.7. The second-order valence-electron chi connectivity index (χ2n) is 15.0. The van der Waals surface area contributed by atoms with Crippen molar-refractivity contribution < 1.29 is 4.42 Å². The fraction of sp³-hybridized carbons (Fsp3) is 0.0189. The molecule has 0 radical (unpaired) electrons. The third-order valence-corrected chi connectivity index (χ3v) is 11.8. The molecule has 0 fully saturated rings. The average molecular weight is 754 g/mol. The minimum atomic E-state index is -0.189. The summed E-state index contributed by atoms with van der Waals surface area (Å²) in [5.41, 5.74) is 13.8. The third-order valence-electron chi connectivity index (χ3n) is 11.8. The van der Waals surface area contributed by atoms with Gasteiger partial charge in [0.2, 0.25) is 0 Å². The molecule has 0 bridgehead atoms. The van der Waals surface area contributed by atoms with Crippen LogP contribution in [0.4, 0.5) is 0 Å². The van der Waals surface area contributed by atoms with Gasteiger partial charge in [-0.15, -0.1) is 0 Å². The Balaban J connectivity index is 1.06. The molecule has 8 aromatic carbocycles. The minimum Gasteiger partial charge on any atom is -0.456 e. The zero-order chi connectivity index (χ0) is 39.0. The van der Waals surface area contributed by atoms with E-state index < -0.39 is 0 Å². The van der Waals surface area contributed by atoms with Gasteiger partial charge in [0.1, 0.15) is 11.2 Å². The lowest BCUT2D eigenvalue weighted by Gasteiger charge is -2.18. The monoisotopic (exact) mass is 753 g/mol. The number of hydrogen-bond acceptors (Lipinski definition) is 5. The Kier molecular flexibility index (Phi) is 7.25. The molecule has 3 aromatic heterocycles. The zero-order valence-electron chi connectivity index (χ0n) is 31.5. The van der Waals surface area contributed by atoms with Crippen LogP contribution in [0.15, 0.2) is 186 Å². The molecule has 0 aliphatic heterocycles. The number of nitriles is 1. The van der Waals surface area contributed by atoms with Crippen LogP contribution in [0.3, 0.4) is 0 Å². The Labute approximate surface area is 338 Å². The fourth-order valence-corrected chi connectivity index (χ4v) is 9.21. The largest absolute Gasteiger partial charge is 0.456 e. The van der Waals surface area contributed by atoms with Gasteiger partial charge >= 0.3 is 0 Å². The minimum absolute atomic E-state index is 0.189. The number of fused-ring (bicyclic) bond motifs is 10. The first-order chi connectivity index (χ1) is 29.2. The van der Waals surface area contributed by atoms with Crippen LogP contribution in [0.2, 0.25) is 0 Å². The lowest BCUT2D eigenvalue weighted by molar-refractivity contribution is 0.669. The number of hydrogen-bond donors (Lipinski definition) is 0. The predicted octanol–water partition coefficient (Wildman–Crippen LogP) is 12.9. The summed E-state index contributed by atoms with van der Waals surface area (Å²) in [6, 6.07) is 65.1. The highest BCUT2D eigenvalue weighted by molar-refractivity contribution is 6.15. The van der Waals surface area contributed by atoms with E-state index in [4.69, 9.17) is 19.4 Å². The van der Waals surface area contributed by atoms with Gasteiger partial charge < -0.3 is 8.98 Å². The van der Waals surface area contributed by atoms with Crippen LogP contribution in [0.1, 0.15) is 28.2 Å². The Morgan fingerprint density at radius 3 is 1.88 bits per heavy atom. The summed E-state index contributed by atoms with van der Waals surface area (Å²) in [4.78, 5) is 14.8. The summed E-state index contributed by atoms with van der Waals surface area (Å²) >= 11 is 0. The quantitative estimate of drug-likeness (QED) is 0.175. The van der Waals surface area contributed by atoms with E-state index in [0.29, 0.717) is 23.0 Å². The second-order valence-corrected chi connectivity index (χ2v) is 15.0. The topological polar surface area (TPSA) is 80.5 Å². The van der Waals surface area contributed by atoms with Gasteiger partial charge in [0.15, 0.2) is 17.5 Å². The molecule has 3 heterocycles. The first-order valence-corrected chi connectivity index (χ1v) is 19.7. The molecule has 1 unspecified atom stereocenters. The smallest absolute Gasteiger partial charge is 0.164 e. The molecule has 0 saturated heterocycles.